The maximum atomic E-state index is 10.9. The van der Waals surface area contributed by atoms with Gasteiger partial charge < -0.3 is 0 Å². The van der Waals surface area contributed by atoms with Crippen molar-refractivity contribution in [2.45, 2.75) is 109 Å². The Hall–Kier alpha value is -1.66. The largest absolute Gasteiger partial charge is 0.294 e. The molecule has 0 amide bonds. The van der Waals surface area contributed by atoms with Crippen LogP contribution in [0, 0.1) is 0 Å². The normalized spacial score (nSPS) is 11.2. The number of aryl methyl sites for hydroxylation is 3. The third kappa shape index (κ3) is 13.7. The van der Waals surface area contributed by atoms with E-state index in [2.05, 4.69) is 41.7 Å². The van der Waals surface area contributed by atoms with E-state index in [1.165, 1.54) is 82.8 Å². The highest BCUT2D eigenvalue weighted by Gasteiger charge is 2.08. The molecule has 6 heteroatoms. The van der Waals surface area contributed by atoms with Gasteiger partial charge in [-0.2, -0.15) is 8.42 Å². The molecule has 0 radical (unpaired) electrons. The summed E-state index contributed by atoms with van der Waals surface area (Å²) < 4.78 is 35.1. The van der Waals surface area contributed by atoms with Crippen LogP contribution in [0.4, 0.5) is 0 Å². The molecule has 0 aliphatic rings. The molecule has 0 spiro atoms. The molecule has 0 aliphatic carbocycles. The van der Waals surface area contributed by atoms with E-state index in [9.17, 15) is 8.42 Å². The van der Waals surface area contributed by atoms with Crippen LogP contribution in [-0.4, -0.2) is 17.5 Å². The van der Waals surface area contributed by atoms with E-state index in [0.717, 1.165) is 24.9 Å². The Morgan fingerprint density at radius 3 is 1.81 bits per heavy atom. The molecule has 0 unspecified atom stereocenters. The summed E-state index contributed by atoms with van der Waals surface area (Å²) in [6.07, 6.45) is 23.0. The molecule has 5 nitrogen and oxygen atoms in total. The van der Waals surface area contributed by atoms with Gasteiger partial charge in [0.2, 0.25) is 6.33 Å². The van der Waals surface area contributed by atoms with Crippen LogP contribution in [0.5, 0.6) is 0 Å². The second-order valence-electron chi connectivity index (χ2n) is 8.72. The predicted octanol–water partition coefficient (Wildman–Crippen LogP) is 6.51. The molecule has 0 bridgehead atoms. The van der Waals surface area contributed by atoms with Gasteiger partial charge in [0.25, 0.3) is 10.1 Å². The third-order valence-electron chi connectivity index (χ3n) is 5.63. The van der Waals surface area contributed by atoms with Crippen LogP contribution in [0.25, 0.3) is 0 Å². The molecule has 2 rings (SSSR count). The highest BCUT2D eigenvalue weighted by molar-refractivity contribution is 7.85. The molecular weight excluding hydrogens is 420 g/mol. The summed E-state index contributed by atoms with van der Waals surface area (Å²) in [6.45, 7) is 5.61. The molecule has 1 N–H and O–H groups in total. The molecule has 1 aromatic carbocycles. The van der Waals surface area contributed by atoms with Crippen molar-refractivity contribution in [3.8, 4) is 0 Å². The number of hydrogen-bond donors (Lipinski definition) is 1. The second-order valence-corrected chi connectivity index (χ2v) is 10.1. The van der Waals surface area contributed by atoms with Crippen LogP contribution in [0.15, 0.2) is 47.9 Å². The summed E-state index contributed by atoms with van der Waals surface area (Å²) in [5.41, 5.74) is 1.13. The van der Waals surface area contributed by atoms with E-state index < -0.39 is 10.1 Å². The third-order valence-corrected chi connectivity index (χ3v) is 6.50. The maximum Gasteiger partial charge on any atom is 0.294 e. The number of imidazole rings is 1. The van der Waals surface area contributed by atoms with E-state index in [4.69, 9.17) is 4.55 Å². The van der Waals surface area contributed by atoms with Crippen LogP contribution in [-0.2, 0) is 30.1 Å². The van der Waals surface area contributed by atoms with Crippen molar-refractivity contribution < 1.29 is 17.5 Å². The maximum absolute atomic E-state index is 10.9. The summed E-state index contributed by atoms with van der Waals surface area (Å²) in [5, 5.41) is 0. The fourth-order valence-electron chi connectivity index (χ4n) is 3.62. The van der Waals surface area contributed by atoms with E-state index in [-0.39, 0.29) is 4.90 Å². The molecule has 182 valence electrons. The first kappa shape index (κ1) is 28.4. The van der Waals surface area contributed by atoms with Gasteiger partial charge in [0.15, 0.2) is 0 Å². The van der Waals surface area contributed by atoms with Crippen molar-refractivity contribution >= 4 is 10.1 Å². The molecule has 0 saturated carbocycles. The summed E-state index contributed by atoms with van der Waals surface area (Å²) >= 11 is 0. The van der Waals surface area contributed by atoms with Crippen molar-refractivity contribution in [3.05, 3.63) is 48.5 Å². The molecule has 32 heavy (non-hydrogen) atoms. The molecule has 1 aromatic heterocycles. The van der Waals surface area contributed by atoms with E-state index in [1.807, 2.05) is 7.05 Å². The monoisotopic (exact) mass is 465 g/mol. The topological polar surface area (TPSA) is 63.2 Å². The van der Waals surface area contributed by atoms with Crippen LogP contribution in [0.1, 0.15) is 96.5 Å². The standard InChI is InChI=1S/C18H30O3S.C8H15N2/c1-2-3-4-5-6-7-8-9-10-11-12-17-13-15-18(16-14-17)22(19,20)21;1-3-4-5-10-7-6-9(2)8-10/h13-16H,2-12H2,1H3,(H,19,20,21);6-8H,3-5H2,1-2H3/q;+1. The second kappa shape index (κ2) is 16.9. The van der Waals surface area contributed by atoms with Gasteiger partial charge in [-0.3, -0.25) is 4.55 Å². The number of benzene rings is 1. The Kier molecular flexibility index (Phi) is 15.0. The summed E-state index contributed by atoms with van der Waals surface area (Å²) in [7, 11) is -2.02. The Bertz CT molecular complexity index is 814. The van der Waals surface area contributed by atoms with Crippen molar-refractivity contribution in [2.75, 3.05) is 0 Å². The SMILES string of the molecule is CCCCCCCCCCCCc1ccc(S(=O)(=O)O)cc1.CCCC[n+]1ccn(C)c1. The zero-order valence-electron chi connectivity index (χ0n) is 20.5. The lowest BCUT2D eigenvalue weighted by atomic mass is 10.0. The zero-order valence-corrected chi connectivity index (χ0v) is 21.3. The number of rotatable bonds is 15. The number of nitrogens with zero attached hydrogens (tertiary/aromatic N) is 2. The van der Waals surface area contributed by atoms with Crippen molar-refractivity contribution in [1.29, 1.82) is 0 Å². The number of unbranched alkanes of at least 4 members (excludes halogenated alkanes) is 10. The van der Waals surface area contributed by atoms with Gasteiger partial charge in [-0.25, -0.2) is 9.13 Å². The molecular formula is C26H45N2O3S+. The minimum atomic E-state index is -4.06. The first-order chi connectivity index (χ1) is 15.4. The van der Waals surface area contributed by atoms with Gasteiger partial charge in [-0.15, -0.1) is 0 Å². The van der Waals surface area contributed by atoms with E-state index >= 15 is 0 Å². The molecule has 0 atom stereocenters. The lowest BCUT2D eigenvalue weighted by Gasteiger charge is -2.04. The Morgan fingerprint density at radius 1 is 0.812 bits per heavy atom. The van der Waals surface area contributed by atoms with Crippen LogP contribution in [0.2, 0.25) is 0 Å². The van der Waals surface area contributed by atoms with Crippen LogP contribution in [0.3, 0.4) is 0 Å². The van der Waals surface area contributed by atoms with Crippen LogP contribution >= 0.6 is 0 Å². The summed E-state index contributed by atoms with van der Waals surface area (Å²) in [4.78, 5) is -0.0284. The van der Waals surface area contributed by atoms with E-state index in [1.54, 1.807) is 12.1 Å². The Labute approximate surface area is 196 Å². The average molecular weight is 466 g/mol. The van der Waals surface area contributed by atoms with Gasteiger partial charge in [0.1, 0.15) is 12.4 Å². The van der Waals surface area contributed by atoms with Gasteiger partial charge >= 0.3 is 0 Å². The number of aromatic nitrogens is 2. The van der Waals surface area contributed by atoms with Gasteiger partial charge in [-0.1, -0.05) is 90.2 Å². The van der Waals surface area contributed by atoms with Gasteiger partial charge in [0, 0.05) is 0 Å². The predicted molar refractivity (Wildman–Crippen MR) is 132 cm³/mol. The summed E-state index contributed by atoms with van der Waals surface area (Å²) in [5.74, 6) is 0. The molecule has 0 aliphatic heterocycles. The van der Waals surface area contributed by atoms with E-state index in [0.29, 0.717) is 0 Å². The Balaban J connectivity index is 0.000000425. The molecule has 0 fully saturated rings. The first-order valence-corrected chi connectivity index (χ1v) is 13.9. The van der Waals surface area contributed by atoms with Crippen molar-refractivity contribution in [2.24, 2.45) is 7.05 Å². The first-order valence-electron chi connectivity index (χ1n) is 12.4. The van der Waals surface area contributed by atoms with Crippen molar-refractivity contribution in [1.82, 2.24) is 4.57 Å². The highest BCUT2D eigenvalue weighted by atomic mass is 32.2. The smallest absolute Gasteiger partial charge is 0.282 e. The highest BCUT2D eigenvalue weighted by Crippen LogP contribution is 2.14. The lowest BCUT2D eigenvalue weighted by Crippen LogP contribution is -2.30. The minimum Gasteiger partial charge on any atom is -0.282 e. The quantitative estimate of drug-likeness (QED) is 0.185. The molecule has 2 aromatic rings. The van der Waals surface area contributed by atoms with Gasteiger partial charge in [-0.05, 0) is 37.0 Å². The van der Waals surface area contributed by atoms with Gasteiger partial charge in [0.05, 0.1) is 18.5 Å². The fraction of sp³-hybridized carbons (Fsp3) is 0.654. The Morgan fingerprint density at radius 2 is 1.34 bits per heavy atom. The molecule has 1 heterocycles. The van der Waals surface area contributed by atoms with Crippen LogP contribution < -0.4 is 4.57 Å². The average Bonchev–Trinajstić information content (AvgIpc) is 3.19. The minimum absolute atomic E-state index is 0.0284. The molecule has 0 saturated heterocycles. The van der Waals surface area contributed by atoms with Crippen molar-refractivity contribution in [3.63, 3.8) is 0 Å². The number of hydrogen-bond acceptors (Lipinski definition) is 2. The lowest BCUT2D eigenvalue weighted by molar-refractivity contribution is -0.696. The zero-order chi connectivity index (χ0) is 23.7. The fourth-order valence-corrected chi connectivity index (χ4v) is 4.10. The summed E-state index contributed by atoms with van der Waals surface area (Å²) in [6, 6.07) is 6.52.